The first-order valence-corrected chi connectivity index (χ1v) is 8.88. The Labute approximate surface area is 155 Å². The Morgan fingerprint density at radius 3 is 2.69 bits per heavy atom. The molecule has 1 atom stereocenters. The fourth-order valence-electron chi connectivity index (χ4n) is 3.15. The number of methoxy groups -OCH3 is 1. The second-order valence-electron chi connectivity index (χ2n) is 6.74. The Balaban J connectivity index is 1.65. The summed E-state index contributed by atoms with van der Waals surface area (Å²) in [5.74, 6) is 0.910. The minimum Gasteiger partial charge on any atom is -0.497 e. The molecular weight excluding hydrogens is 328 g/mol. The van der Waals surface area contributed by atoms with Gasteiger partial charge in [-0.15, -0.1) is 0 Å². The van der Waals surface area contributed by atoms with E-state index in [-0.39, 0.29) is 12.0 Å². The molecule has 0 N–H and O–H groups in total. The van der Waals surface area contributed by atoms with Gasteiger partial charge in [-0.3, -0.25) is 4.79 Å². The molecule has 0 radical (unpaired) electrons. The first-order valence-electron chi connectivity index (χ1n) is 8.88. The third-order valence-corrected chi connectivity index (χ3v) is 4.66. The third-order valence-electron chi connectivity index (χ3n) is 4.66. The van der Waals surface area contributed by atoms with E-state index in [1.807, 2.05) is 72.4 Å². The fourth-order valence-corrected chi connectivity index (χ4v) is 3.15. The number of ether oxygens (including phenoxy) is 2. The molecular formula is C21H26N2O3. The van der Waals surface area contributed by atoms with Gasteiger partial charge >= 0.3 is 0 Å². The second kappa shape index (κ2) is 8.23. The minimum atomic E-state index is 0.0122. The van der Waals surface area contributed by atoms with Crippen LogP contribution in [0, 0.1) is 0 Å². The lowest BCUT2D eigenvalue weighted by Crippen LogP contribution is -2.46. The van der Waals surface area contributed by atoms with Crippen LogP contribution in [0.1, 0.15) is 15.9 Å². The van der Waals surface area contributed by atoms with Crippen LogP contribution in [0.2, 0.25) is 0 Å². The molecule has 5 nitrogen and oxygen atoms in total. The summed E-state index contributed by atoms with van der Waals surface area (Å²) in [4.78, 5) is 16.8. The lowest BCUT2D eigenvalue weighted by atomic mass is 10.1. The van der Waals surface area contributed by atoms with Crippen LogP contribution in [0.15, 0.2) is 48.5 Å². The van der Waals surface area contributed by atoms with Crippen molar-refractivity contribution in [3.05, 3.63) is 59.7 Å². The standard InChI is InChI=1S/C21H26N2O3/c1-22(2)18-6-4-5-17(14-18)21(24)23-11-12-26-20(15-23)13-16-7-9-19(25-3)10-8-16/h4-10,14,20H,11-13,15H2,1-3H3/t20-/m1/s1. The Morgan fingerprint density at radius 1 is 1.23 bits per heavy atom. The Hall–Kier alpha value is -2.53. The molecule has 0 bridgehead atoms. The van der Waals surface area contributed by atoms with E-state index in [9.17, 15) is 4.79 Å². The molecule has 138 valence electrons. The van der Waals surface area contributed by atoms with Crippen LogP contribution in [-0.2, 0) is 11.2 Å². The van der Waals surface area contributed by atoms with Crippen molar-refractivity contribution in [3.63, 3.8) is 0 Å². The van der Waals surface area contributed by atoms with Gasteiger partial charge in [-0.25, -0.2) is 0 Å². The molecule has 0 spiro atoms. The van der Waals surface area contributed by atoms with Gasteiger partial charge in [0.15, 0.2) is 0 Å². The Bertz CT molecular complexity index is 743. The number of morpholine rings is 1. The number of hydrogen-bond donors (Lipinski definition) is 0. The van der Waals surface area contributed by atoms with Crippen LogP contribution in [0.3, 0.4) is 0 Å². The molecule has 1 aliphatic heterocycles. The van der Waals surface area contributed by atoms with E-state index in [4.69, 9.17) is 9.47 Å². The molecule has 0 unspecified atom stereocenters. The van der Waals surface area contributed by atoms with Crippen LogP contribution < -0.4 is 9.64 Å². The summed E-state index contributed by atoms with van der Waals surface area (Å²) in [6.07, 6.45) is 0.795. The Morgan fingerprint density at radius 2 is 2.00 bits per heavy atom. The summed E-state index contributed by atoms with van der Waals surface area (Å²) in [5.41, 5.74) is 2.93. The van der Waals surface area contributed by atoms with Gasteiger partial charge in [0.05, 0.1) is 19.8 Å². The van der Waals surface area contributed by atoms with Crippen molar-refractivity contribution in [1.82, 2.24) is 4.90 Å². The highest BCUT2D eigenvalue weighted by Gasteiger charge is 2.25. The van der Waals surface area contributed by atoms with Crippen molar-refractivity contribution < 1.29 is 14.3 Å². The average molecular weight is 354 g/mol. The molecule has 5 heteroatoms. The van der Waals surface area contributed by atoms with Crippen LogP contribution in [-0.4, -0.2) is 57.8 Å². The zero-order valence-corrected chi connectivity index (χ0v) is 15.6. The summed E-state index contributed by atoms with van der Waals surface area (Å²) >= 11 is 0. The monoisotopic (exact) mass is 354 g/mol. The quantitative estimate of drug-likeness (QED) is 0.828. The summed E-state index contributed by atoms with van der Waals surface area (Å²) in [5, 5.41) is 0. The van der Waals surface area contributed by atoms with Crippen molar-refractivity contribution in [2.24, 2.45) is 0 Å². The van der Waals surface area contributed by atoms with Gasteiger partial charge in [-0.05, 0) is 35.9 Å². The van der Waals surface area contributed by atoms with Gasteiger partial charge in [0.2, 0.25) is 0 Å². The Kier molecular flexibility index (Phi) is 5.78. The lowest BCUT2D eigenvalue weighted by molar-refractivity contribution is -0.0208. The summed E-state index contributed by atoms with van der Waals surface area (Å²) in [6.45, 7) is 1.81. The highest BCUT2D eigenvalue weighted by Crippen LogP contribution is 2.19. The molecule has 0 aromatic heterocycles. The van der Waals surface area contributed by atoms with Gasteiger partial charge in [0, 0.05) is 44.9 Å². The molecule has 26 heavy (non-hydrogen) atoms. The predicted molar refractivity (Wildman–Crippen MR) is 103 cm³/mol. The van der Waals surface area contributed by atoms with Crippen LogP contribution in [0.25, 0.3) is 0 Å². The van der Waals surface area contributed by atoms with Gasteiger partial charge in [0.1, 0.15) is 5.75 Å². The van der Waals surface area contributed by atoms with E-state index >= 15 is 0 Å². The molecule has 1 saturated heterocycles. The molecule has 0 saturated carbocycles. The summed E-state index contributed by atoms with van der Waals surface area (Å²) in [6, 6.07) is 15.7. The molecule has 0 aliphatic carbocycles. The number of benzene rings is 2. The maximum Gasteiger partial charge on any atom is 0.254 e. The second-order valence-corrected chi connectivity index (χ2v) is 6.74. The van der Waals surface area contributed by atoms with Crippen molar-refractivity contribution in [2.75, 3.05) is 45.8 Å². The SMILES string of the molecule is COc1ccc(C[C@@H]2CN(C(=O)c3cccc(N(C)C)c3)CCO2)cc1. The van der Waals surface area contributed by atoms with E-state index < -0.39 is 0 Å². The maximum atomic E-state index is 12.9. The molecule has 1 heterocycles. The van der Waals surface area contributed by atoms with Crippen molar-refractivity contribution >= 4 is 11.6 Å². The topological polar surface area (TPSA) is 42.0 Å². The lowest BCUT2D eigenvalue weighted by Gasteiger charge is -2.33. The van der Waals surface area contributed by atoms with E-state index in [1.165, 1.54) is 5.56 Å². The molecule has 2 aromatic carbocycles. The number of carbonyl (C=O) groups excluding carboxylic acids is 1. The van der Waals surface area contributed by atoms with Crippen molar-refractivity contribution in [1.29, 1.82) is 0 Å². The first kappa shape index (κ1) is 18.3. The smallest absolute Gasteiger partial charge is 0.254 e. The maximum absolute atomic E-state index is 12.9. The van der Waals surface area contributed by atoms with Crippen molar-refractivity contribution in [2.45, 2.75) is 12.5 Å². The number of hydrogen-bond acceptors (Lipinski definition) is 4. The van der Waals surface area contributed by atoms with E-state index in [1.54, 1.807) is 7.11 Å². The normalized spacial score (nSPS) is 17.0. The van der Waals surface area contributed by atoms with Crippen LogP contribution in [0.4, 0.5) is 5.69 Å². The highest BCUT2D eigenvalue weighted by atomic mass is 16.5. The van der Waals surface area contributed by atoms with Crippen LogP contribution in [0.5, 0.6) is 5.75 Å². The predicted octanol–water partition coefficient (Wildman–Crippen LogP) is 2.84. The van der Waals surface area contributed by atoms with Gasteiger partial charge in [-0.2, -0.15) is 0 Å². The van der Waals surface area contributed by atoms with Gasteiger partial charge in [-0.1, -0.05) is 18.2 Å². The molecule has 1 amide bonds. The third kappa shape index (κ3) is 4.35. The van der Waals surface area contributed by atoms with Gasteiger partial charge in [0.25, 0.3) is 5.91 Å². The van der Waals surface area contributed by atoms with Crippen LogP contribution >= 0.6 is 0 Å². The number of rotatable bonds is 5. The molecule has 2 aromatic rings. The zero-order chi connectivity index (χ0) is 18.5. The largest absolute Gasteiger partial charge is 0.497 e. The molecule has 3 rings (SSSR count). The van der Waals surface area contributed by atoms with E-state index in [2.05, 4.69) is 0 Å². The van der Waals surface area contributed by atoms with E-state index in [0.717, 1.165) is 23.4 Å². The van der Waals surface area contributed by atoms with Gasteiger partial charge < -0.3 is 19.3 Å². The average Bonchev–Trinajstić information content (AvgIpc) is 2.68. The van der Waals surface area contributed by atoms with Crippen molar-refractivity contribution in [3.8, 4) is 5.75 Å². The number of amides is 1. The number of carbonyl (C=O) groups is 1. The number of anilines is 1. The summed E-state index contributed by atoms with van der Waals surface area (Å²) < 4.78 is 11.1. The van der Waals surface area contributed by atoms with E-state index in [0.29, 0.717) is 19.7 Å². The minimum absolute atomic E-state index is 0.0122. The summed E-state index contributed by atoms with van der Waals surface area (Å²) in [7, 11) is 5.61. The number of nitrogens with zero attached hydrogens (tertiary/aromatic N) is 2. The fraction of sp³-hybridized carbons (Fsp3) is 0.381. The molecule has 1 aliphatic rings. The zero-order valence-electron chi connectivity index (χ0n) is 15.6. The molecule has 1 fully saturated rings. The first-order chi connectivity index (χ1) is 12.6. The highest BCUT2D eigenvalue weighted by molar-refractivity contribution is 5.95.